The third-order valence-electron chi connectivity index (χ3n) is 3.69. The summed E-state index contributed by atoms with van der Waals surface area (Å²) in [4.78, 5) is 2.44. The van der Waals surface area contributed by atoms with Gasteiger partial charge in [0, 0.05) is 6.54 Å². The zero-order chi connectivity index (χ0) is 13.8. The average molecular weight is 279 g/mol. The summed E-state index contributed by atoms with van der Waals surface area (Å²) < 4.78 is 0. The highest BCUT2D eigenvalue weighted by molar-refractivity contribution is 5.14. The normalized spacial score (nSPS) is 10.6. The zero-order valence-electron chi connectivity index (χ0n) is 13.4. The number of benzene rings is 1. The highest BCUT2D eigenvalue weighted by Gasteiger charge is 1.99. The Balaban J connectivity index is 0.00000361. The third-order valence-corrected chi connectivity index (χ3v) is 3.69. The molecule has 0 amide bonds. The predicted octanol–water partition coefficient (Wildman–Crippen LogP) is 4.43. The van der Waals surface area contributed by atoms with Gasteiger partial charge in [-0.2, -0.15) is 0 Å². The fraction of sp³-hybridized carbons (Fsp3) is 0.667. The molecule has 1 aromatic carbocycles. The first-order valence-electron chi connectivity index (χ1n) is 8.05. The second-order valence-electron chi connectivity index (χ2n) is 5.70. The highest BCUT2D eigenvalue weighted by atomic mass is 16.0. The van der Waals surface area contributed by atoms with Crippen LogP contribution in [0.4, 0.5) is 0 Å². The number of unbranched alkanes of at least 4 members (excludes halogenated alkanes) is 7. The Hall–Kier alpha value is -0.860. The lowest BCUT2D eigenvalue weighted by molar-refractivity contribution is 0.316. The smallest absolute Gasteiger partial charge is 0.0230 e. The summed E-state index contributed by atoms with van der Waals surface area (Å²) in [6.07, 6.45) is 11.2. The Bertz CT molecular complexity index is 300. The lowest BCUT2D eigenvalue weighted by Gasteiger charge is -2.16. The van der Waals surface area contributed by atoms with Crippen LogP contribution in [0, 0.1) is 0 Å². The molecule has 20 heavy (non-hydrogen) atoms. The van der Waals surface area contributed by atoms with E-state index in [9.17, 15) is 0 Å². The number of nitrogens with zero attached hydrogens (tertiary/aromatic N) is 1. The number of rotatable bonds is 11. The van der Waals surface area contributed by atoms with Crippen molar-refractivity contribution in [2.75, 3.05) is 13.6 Å². The minimum absolute atomic E-state index is 0. The van der Waals surface area contributed by atoms with Gasteiger partial charge in [0.05, 0.1) is 0 Å². The molecule has 0 radical (unpaired) electrons. The first kappa shape index (κ1) is 19.1. The van der Waals surface area contributed by atoms with Crippen LogP contribution in [-0.2, 0) is 6.54 Å². The van der Waals surface area contributed by atoms with Gasteiger partial charge in [-0.25, -0.2) is 0 Å². The van der Waals surface area contributed by atoms with Gasteiger partial charge in [-0.1, -0.05) is 82.2 Å². The van der Waals surface area contributed by atoms with Crippen molar-refractivity contribution in [2.45, 2.75) is 64.8 Å². The Labute approximate surface area is 125 Å². The fourth-order valence-electron chi connectivity index (χ4n) is 2.49. The number of hydrogen-bond donors (Lipinski definition) is 0. The van der Waals surface area contributed by atoms with E-state index in [0.717, 1.165) is 6.54 Å². The van der Waals surface area contributed by atoms with Gasteiger partial charge in [-0.15, -0.1) is 0 Å². The molecule has 2 nitrogen and oxygen atoms in total. The molecule has 0 fully saturated rings. The van der Waals surface area contributed by atoms with Gasteiger partial charge in [-0.05, 0) is 25.6 Å². The minimum atomic E-state index is 0. The molecule has 0 aromatic heterocycles. The summed E-state index contributed by atoms with van der Waals surface area (Å²) >= 11 is 0. The van der Waals surface area contributed by atoms with E-state index in [1.807, 2.05) is 0 Å². The van der Waals surface area contributed by atoms with Crippen LogP contribution >= 0.6 is 0 Å². The van der Waals surface area contributed by atoms with Gasteiger partial charge >= 0.3 is 0 Å². The maximum atomic E-state index is 2.44. The van der Waals surface area contributed by atoms with Crippen molar-refractivity contribution in [1.29, 1.82) is 0 Å². The van der Waals surface area contributed by atoms with Gasteiger partial charge < -0.3 is 10.4 Å². The lowest BCUT2D eigenvalue weighted by atomic mass is 10.1. The average Bonchev–Trinajstić information content (AvgIpc) is 2.43. The molecule has 1 aromatic rings. The summed E-state index contributed by atoms with van der Waals surface area (Å²) in [6.45, 7) is 4.59. The maximum absolute atomic E-state index is 2.44. The fourth-order valence-corrected chi connectivity index (χ4v) is 2.49. The van der Waals surface area contributed by atoms with Gasteiger partial charge in [0.1, 0.15) is 0 Å². The van der Waals surface area contributed by atoms with Crippen LogP contribution in [0.1, 0.15) is 63.9 Å². The molecule has 0 aliphatic rings. The van der Waals surface area contributed by atoms with E-state index in [1.54, 1.807) is 0 Å². The van der Waals surface area contributed by atoms with E-state index in [0.29, 0.717) is 0 Å². The van der Waals surface area contributed by atoms with Crippen LogP contribution in [0.15, 0.2) is 30.3 Å². The molecule has 0 bridgehead atoms. The van der Waals surface area contributed by atoms with E-state index in [4.69, 9.17) is 0 Å². The number of hydrogen-bond acceptors (Lipinski definition) is 1. The maximum Gasteiger partial charge on any atom is 0.0230 e. The summed E-state index contributed by atoms with van der Waals surface area (Å²) in [5.41, 5.74) is 1.42. The summed E-state index contributed by atoms with van der Waals surface area (Å²) in [5.74, 6) is 0. The second-order valence-corrected chi connectivity index (χ2v) is 5.70. The Morgan fingerprint density at radius 3 is 1.95 bits per heavy atom. The van der Waals surface area contributed by atoms with Crippen molar-refractivity contribution in [2.24, 2.45) is 0 Å². The van der Waals surface area contributed by atoms with Crippen LogP contribution in [0.25, 0.3) is 0 Å². The topological polar surface area (TPSA) is 34.7 Å². The van der Waals surface area contributed by atoms with Crippen LogP contribution in [0.3, 0.4) is 0 Å². The molecule has 0 spiro atoms. The summed E-state index contributed by atoms with van der Waals surface area (Å²) in [5, 5.41) is 0. The second kappa shape index (κ2) is 13.1. The van der Waals surface area contributed by atoms with Crippen LogP contribution in [0.2, 0.25) is 0 Å². The van der Waals surface area contributed by atoms with Gasteiger partial charge in [0.2, 0.25) is 0 Å². The molecular formula is C18H33NO. The van der Waals surface area contributed by atoms with E-state index in [2.05, 4.69) is 49.2 Å². The molecule has 0 unspecified atom stereocenters. The lowest BCUT2D eigenvalue weighted by Crippen LogP contribution is -2.18. The van der Waals surface area contributed by atoms with E-state index >= 15 is 0 Å². The highest BCUT2D eigenvalue weighted by Crippen LogP contribution is 2.09. The van der Waals surface area contributed by atoms with E-state index < -0.39 is 0 Å². The van der Waals surface area contributed by atoms with Crippen molar-refractivity contribution in [3.8, 4) is 0 Å². The summed E-state index contributed by atoms with van der Waals surface area (Å²) in [7, 11) is 2.23. The van der Waals surface area contributed by atoms with Gasteiger partial charge in [0.25, 0.3) is 0 Å². The molecule has 116 valence electrons. The van der Waals surface area contributed by atoms with Gasteiger partial charge in [0.15, 0.2) is 0 Å². The van der Waals surface area contributed by atoms with Crippen molar-refractivity contribution in [3.05, 3.63) is 35.9 Å². The Kier molecular flexibility index (Phi) is 12.6. The Morgan fingerprint density at radius 1 is 0.800 bits per heavy atom. The monoisotopic (exact) mass is 279 g/mol. The first-order valence-corrected chi connectivity index (χ1v) is 8.05. The van der Waals surface area contributed by atoms with E-state index in [1.165, 1.54) is 63.5 Å². The Morgan fingerprint density at radius 2 is 1.35 bits per heavy atom. The summed E-state index contributed by atoms with van der Waals surface area (Å²) in [6, 6.07) is 10.8. The van der Waals surface area contributed by atoms with Crippen molar-refractivity contribution >= 4 is 0 Å². The van der Waals surface area contributed by atoms with Crippen LogP contribution in [-0.4, -0.2) is 24.0 Å². The SMILES string of the molecule is CCCCCCCCCCN(C)Cc1ccccc1.O. The zero-order valence-corrected chi connectivity index (χ0v) is 13.4. The molecule has 0 saturated heterocycles. The van der Waals surface area contributed by atoms with Crippen molar-refractivity contribution in [1.82, 2.24) is 4.90 Å². The molecule has 1 rings (SSSR count). The molecule has 0 aliphatic carbocycles. The first-order chi connectivity index (χ1) is 9.33. The molecule has 0 heterocycles. The third kappa shape index (κ3) is 9.99. The molecular weight excluding hydrogens is 246 g/mol. The molecule has 2 heteroatoms. The predicted molar refractivity (Wildman–Crippen MR) is 89.0 cm³/mol. The quantitative estimate of drug-likeness (QED) is 0.552. The van der Waals surface area contributed by atoms with Crippen LogP contribution < -0.4 is 0 Å². The molecule has 0 saturated carbocycles. The minimum Gasteiger partial charge on any atom is -0.412 e. The van der Waals surface area contributed by atoms with Crippen molar-refractivity contribution in [3.63, 3.8) is 0 Å². The molecule has 0 atom stereocenters. The standard InChI is InChI=1S/C18H31N.H2O/c1-3-4-5-6-7-8-9-13-16-19(2)17-18-14-11-10-12-15-18;/h10-12,14-15H,3-9,13,16-17H2,1-2H3;1H2. The van der Waals surface area contributed by atoms with Crippen LogP contribution in [0.5, 0.6) is 0 Å². The van der Waals surface area contributed by atoms with Gasteiger partial charge in [-0.3, -0.25) is 0 Å². The molecule has 2 N–H and O–H groups in total. The molecule has 0 aliphatic heterocycles. The van der Waals surface area contributed by atoms with E-state index in [-0.39, 0.29) is 5.48 Å². The van der Waals surface area contributed by atoms with Crippen molar-refractivity contribution < 1.29 is 5.48 Å². The largest absolute Gasteiger partial charge is 0.412 e.